The zero-order valence-corrected chi connectivity index (χ0v) is 12.6. The lowest BCUT2D eigenvalue weighted by Gasteiger charge is -2.11. The molecule has 0 saturated heterocycles. The molecule has 112 valence electrons. The Morgan fingerprint density at radius 1 is 1.14 bits per heavy atom. The van der Waals surface area contributed by atoms with Crippen LogP contribution in [0, 0.1) is 12.7 Å². The van der Waals surface area contributed by atoms with Gasteiger partial charge in [-0.25, -0.2) is 12.8 Å². The second-order valence-corrected chi connectivity index (χ2v) is 6.57. The van der Waals surface area contributed by atoms with E-state index in [-0.39, 0.29) is 10.6 Å². The first-order valence-electron chi connectivity index (χ1n) is 6.59. The van der Waals surface area contributed by atoms with E-state index in [4.69, 9.17) is 0 Å². The predicted octanol–water partition coefficient (Wildman–Crippen LogP) is 3.48. The number of aromatic nitrogens is 1. The molecule has 0 bridgehead atoms. The van der Waals surface area contributed by atoms with Crippen molar-refractivity contribution in [1.29, 1.82) is 0 Å². The van der Waals surface area contributed by atoms with E-state index < -0.39 is 15.8 Å². The van der Waals surface area contributed by atoms with E-state index in [1.54, 1.807) is 31.3 Å². The molecular formula is C16H13FN2O2S. The summed E-state index contributed by atoms with van der Waals surface area (Å²) in [6.45, 7) is 1.62. The molecule has 0 spiro atoms. The fourth-order valence-corrected chi connectivity index (χ4v) is 3.47. The molecule has 3 aromatic rings. The monoisotopic (exact) mass is 316 g/mol. The summed E-state index contributed by atoms with van der Waals surface area (Å²) < 4.78 is 41.1. The van der Waals surface area contributed by atoms with Crippen LogP contribution in [0.15, 0.2) is 59.8 Å². The molecule has 1 N–H and O–H groups in total. The van der Waals surface area contributed by atoms with Crippen LogP contribution < -0.4 is 4.72 Å². The first-order valence-corrected chi connectivity index (χ1v) is 8.07. The number of fused-ring (bicyclic) bond motifs is 1. The smallest absolute Gasteiger partial charge is 0.262 e. The van der Waals surface area contributed by atoms with Crippen molar-refractivity contribution in [1.82, 2.24) is 4.98 Å². The normalized spacial score (nSPS) is 11.5. The average Bonchev–Trinajstić information content (AvgIpc) is 2.50. The van der Waals surface area contributed by atoms with Crippen LogP contribution in [-0.4, -0.2) is 13.4 Å². The van der Waals surface area contributed by atoms with Gasteiger partial charge >= 0.3 is 0 Å². The summed E-state index contributed by atoms with van der Waals surface area (Å²) in [5.41, 5.74) is 0.647. The molecule has 0 aliphatic heterocycles. The zero-order valence-electron chi connectivity index (χ0n) is 11.7. The first-order chi connectivity index (χ1) is 10.5. The van der Waals surface area contributed by atoms with Crippen molar-refractivity contribution in [2.24, 2.45) is 0 Å². The summed E-state index contributed by atoms with van der Waals surface area (Å²) in [4.78, 5) is 4.11. The molecule has 3 rings (SSSR count). The molecular weight excluding hydrogens is 303 g/mol. The van der Waals surface area contributed by atoms with Gasteiger partial charge in [-0.2, -0.15) is 0 Å². The summed E-state index contributed by atoms with van der Waals surface area (Å²) in [6, 6.07) is 10.8. The van der Waals surface area contributed by atoms with E-state index in [0.29, 0.717) is 10.9 Å². The molecule has 0 atom stereocenters. The van der Waals surface area contributed by atoms with Crippen molar-refractivity contribution < 1.29 is 12.8 Å². The summed E-state index contributed by atoms with van der Waals surface area (Å²) in [5.74, 6) is -0.456. The Morgan fingerprint density at radius 2 is 1.95 bits per heavy atom. The van der Waals surface area contributed by atoms with Gasteiger partial charge in [0, 0.05) is 23.2 Å². The lowest BCUT2D eigenvalue weighted by molar-refractivity contribution is 0.601. The summed E-state index contributed by atoms with van der Waals surface area (Å²) in [6.07, 6.45) is 3.13. The highest BCUT2D eigenvalue weighted by Gasteiger charge is 2.17. The number of pyridine rings is 1. The maximum atomic E-state index is 13.6. The summed E-state index contributed by atoms with van der Waals surface area (Å²) in [5, 5.41) is 1.29. The lowest BCUT2D eigenvalue weighted by Crippen LogP contribution is -2.13. The number of rotatable bonds is 3. The fraction of sp³-hybridized carbons (Fsp3) is 0.0625. The molecule has 0 fully saturated rings. The van der Waals surface area contributed by atoms with Crippen molar-refractivity contribution in [2.45, 2.75) is 11.8 Å². The van der Waals surface area contributed by atoms with Crippen molar-refractivity contribution >= 4 is 26.5 Å². The molecule has 0 radical (unpaired) electrons. The van der Waals surface area contributed by atoms with Gasteiger partial charge in [0.2, 0.25) is 0 Å². The molecule has 4 nitrogen and oxygen atoms in total. The standard InChI is InChI=1S/C16H13FN2O2S/c1-11-5-6-13(9-15(11)17)19-22(20,21)16-4-2-3-12-10-18-8-7-14(12)16/h2-10,19H,1H3. The van der Waals surface area contributed by atoms with Gasteiger partial charge in [0.15, 0.2) is 0 Å². The summed E-state index contributed by atoms with van der Waals surface area (Å²) >= 11 is 0. The largest absolute Gasteiger partial charge is 0.280 e. The molecule has 0 saturated carbocycles. The number of aryl methyl sites for hydroxylation is 1. The minimum atomic E-state index is -3.81. The Kier molecular flexibility index (Phi) is 3.54. The van der Waals surface area contributed by atoms with Gasteiger partial charge in [-0.15, -0.1) is 0 Å². The van der Waals surface area contributed by atoms with Crippen molar-refractivity contribution in [3.05, 3.63) is 66.2 Å². The summed E-state index contributed by atoms with van der Waals surface area (Å²) in [7, 11) is -3.81. The Hall–Kier alpha value is -2.47. The Morgan fingerprint density at radius 3 is 2.73 bits per heavy atom. The van der Waals surface area contributed by atoms with Gasteiger partial charge in [0.1, 0.15) is 5.82 Å². The highest BCUT2D eigenvalue weighted by Crippen LogP contribution is 2.24. The number of halogens is 1. The Labute approximate surface area is 127 Å². The van der Waals surface area contributed by atoms with Gasteiger partial charge in [-0.1, -0.05) is 18.2 Å². The highest BCUT2D eigenvalue weighted by atomic mass is 32.2. The number of sulfonamides is 1. The maximum Gasteiger partial charge on any atom is 0.262 e. The van der Waals surface area contributed by atoms with E-state index in [9.17, 15) is 12.8 Å². The first kappa shape index (κ1) is 14.5. The topological polar surface area (TPSA) is 59.1 Å². The SMILES string of the molecule is Cc1ccc(NS(=O)(=O)c2cccc3cnccc23)cc1F. The Balaban J connectivity index is 2.07. The zero-order chi connectivity index (χ0) is 15.7. The molecule has 2 aromatic carbocycles. The van der Waals surface area contributed by atoms with Crippen molar-refractivity contribution in [3.8, 4) is 0 Å². The van der Waals surface area contributed by atoms with Crippen molar-refractivity contribution in [2.75, 3.05) is 4.72 Å². The Bertz CT molecular complexity index is 950. The van der Waals surface area contributed by atoms with Crippen LogP contribution >= 0.6 is 0 Å². The van der Waals surface area contributed by atoms with Crippen LogP contribution in [0.2, 0.25) is 0 Å². The van der Waals surface area contributed by atoms with Gasteiger partial charge in [0.25, 0.3) is 10.0 Å². The van der Waals surface area contributed by atoms with Crippen molar-refractivity contribution in [3.63, 3.8) is 0 Å². The van der Waals surface area contributed by atoms with Crippen LogP contribution in [-0.2, 0) is 10.0 Å². The van der Waals surface area contributed by atoms with Crippen LogP contribution in [0.1, 0.15) is 5.56 Å². The third kappa shape index (κ3) is 2.65. The van der Waals surface area contributed by atoms with Gasteiger partial charge in [0.05, 0.1) is 10.6 Å². The second kappa shape index (κ2) is 5.38. The molecule has 0 aliphatic carbocycles. The molecule has 6 heteroatoms. The van der Waals surface area contributed by atoms with Gasteiger partial charge in [-0.3, -0.25) is 9.71 Å². The highest BCUT2D eigenvalue weighted by molar-refractivity contribution is 7.93. The molecule has 0 aliphatic rings. The molecule has 1 aromatic heterocycles. The van der Waals surface area contributed by atoms with Gasteiger partial charge < -0.3 is 0 Å². The third-order valence-corrected chi connectivity index (χ3v) is 4.79. The predicted molar refractivity (Wildman–Crippen MR) is 83.7 cm³/mol. The number of anilines is 1. The number of benzene rings is 2. The lowest BCUT2D eigenvalue weighted by atomic mass is 10.2. The second-order valence-electron chi connectivity index (χ2n) is 4.92. The number of hydrogen-bond donors (Lipinski definition) is 1. The minimum absolute atomic E-state index is 0.133. The van der Waals surface area contributed by atoms with Crippen LogP contribution in [0.25, 0.3) is 10.8 Å². The van der Waals surface area contributed by atoms with Crippen LogP contribution in [0.5, 0.6) is 0 Å². The number of nitrogens with one attached hydrogen (secondary N) is 1. The molecule has 0 unspecified atom stereocenters. The molecule has 1 heterocycles. The van der Waals surface area contributed by atoms with Gasteiger partial charge in [-0.05, 0) is 36.8 Å². The minimum Gasteiger partial charge on any atom is -0.280 e. The van der Waals surface area contributed by atoms with E-state index in [0.717, 1.165) is 5.39 Å². The van der Waals surface area contributed by atoms with E-state index >= 15 is 0 Å². The fourth-order valence-electron chi connectivity index (χ4n) is 2.19. The number of nitrogens with zero attached hydrogens (tertiary/aromatic N) is 1. The molecule has 22 heavy (non-hydrogen) atoms. The molecule has 0 amide bonds. The maximum absolute atomic E-state index is 13.6. The number of hydrogen-bond acceptors (Lipinski definition) is 3. The van der Waals surface area contributed by atoms with Crippen LogP contribution in [0.3, 0.4) is 0 Å². The van der Waals surface area contributed by atoms with E-state index in [2.05, 4.69) is 9.71 Å². The van der Waals surface area contributed by atoms with E-state index in [1.165, 1.54) is 30.5 Å². The quantitative estimate of drug-likeness (QED) is 0.805. The third-order valence-electron chi connectivity index (χ3n) is 3.35. The average molecular weight is 316 g/mol. The van der Waals surface area contributed by atoms with Crippen LogP contribution in [0.4, 0.5) is 10.1 Å². The van der Waals surface area contributed by atoms with E-state index in [1.807, 2.05) is 0 Å².